The number of likely N-dealkylation sites (tertiary alicyclic amines) is 2. The second kappa shape index (κ2) is 9.45. The van der Waals surface area contributed by atoms with Gasteiger partial charge in [0.05, 0.1) is 0 Å². The Labute approximate surface area is 162 Å². The average Bonchev–Trinajstić information content (AvgIpc) is 3.33. The second-order valence-electron chi connectivity index (χ2n) is 8.92. The standard InChI is InChI=1S/C22H42N4/c1-5-21-10-7-12-24(21)15-16-26-18-17-25(22(26)19(2)3)14-8-13-23-11-6-9-20(23)4/h20-21H,5-18H2,1-4H3. The molecule has 4 nitrogen and oxygen atoms in total. The highest BCUT2D eigenvalue weighted by atomic mass is 15.4. The van der Waals surface area contributed by atoms with Gasteiger partial charge >= 0.3 is 0 Å². The summed E-state index contributed by atoms with van der Waals surface area (Å²) in [6.07, 6.45) is 8.22. The van der Waals surface area contributed by atoms with Crippen LogP contribution in [0, 0.1) is 0 Å². The van der Waals surface area contributed by atoms with Crippen molar-refractivity contribution in [2.24, 2.45) is 0 Å². The van der Waals surface area contributed by atoms with E-state index in [2.05, 4.69) is 47.3 Å². The summed E-state index contributed by atoms with van der Waals surface area (Å²) in [5, 5.41) is 0. The van der Waals surface area contributed by atoms with Gasteiger partial charge in [-0.2, -0.15) is 0 Å². The van der Waals surface area contributed by atoms with Gasteiger partial charge in [0.2, 0.25) is 0 Å². The third-order valence-corrected chi connectivity index (χ3v) is 6.88. The molecular weight excluding hydrogens is 320 g/mol. The second-order valence-corrected chi connectivity index (χ2v) is 8.92. The van der Waals surface area contributed by atoms with Crippen LogP contribution >= 0.6 is 0 Å². The van der Waals surface area contributed by atoms with E-state index in [0.717, 1.165) is 12.1 Å². The fourth-order valence-corrected chi connectivity index (χ4v) is 5.41. The first-order chi connectivity index (χ1) is 12.6. The molecular formula is C22H42N4. The molecule has 0 spiro atoms. The van der Waals surface area contributed by atoms with Crippen molar-refractivity contribution in [1.29, 1.82) is 0 Å². The Hall–Kier alpha value is -0.740. The molecule has 3 heterocycles. The molecule has 0 aromatic rings. The Balaban J connectivity index is 1.47. The fourth-order valence-electron chi connectivity index (χ4n) is 5.41. The molecule has 0 saturated carbocycles. The minimum atomic E-state index is 0.806. The first-order valence-corrected chi connectivity index (χ1v) is 11.3. The van der Waals surface area contributed by atoms with Crippen molar-refractivity contribution >= 4 is 0 Å². The van der Waals surface area contributed by atoms with E-state index in [9.17, 15) is 0 Å². The maximum atomic E-state index is 2.74. The lowest BCUT2D eigenvalue weighted by atomic mass is 10.2. The van der Waals surface area contributed by atoms with E-state index < -0.39 is 0 Å². The molecule has 150 valence electrons. The lowest BCUT2D eigenvalue weighted by Crippen LogP contribution is -2.37. The van der Waals surface area contributed by atoms with E-state index in [1.54, 1.807) is 0 Å². The number of hydrogen-bond donors (Lipinski definition) is 0. The summed E-state index contributed by atoms with van der Waals surface area (Å²) in [7, 11) is 0. The summed E-state index contributed by atoms with van der Waals surface area (Å²) in [5.41, 5.74) is 1.49. The highest BCUT2D eigenvalue weighted by Gasteiger charge is 2.28. The van der Waals surface area contributed by atoms with Gasteiger partial charge in [-0.25, -0.2) is 0 Å². The molecule has 2 unspecified atom stereocenters. The largest absolute Gasteiger partial charge is 0.357 e. The summed E-state index contributed by atoms with van der Waals surface area (Å²) in [6, 6.07) is 1.64. The molecule has 0 aliphatic carbocycles. The lowest BCUT2D eigenvalue weighted by molar-refractivity contribution is 0.212. The Bertz CT molecular complexity index is 471. The first kappa shape index (κ1) is 20.0. The zero-order valence-corrected chi connectivity index (χ0v) is 17.8. The van der Waals surface area contributed by atoms with E-state index in [0.29, 0.717) is 0 Å². The quantitative estimate of drug-likeness (QED) is 0.654. The maximum absolute atomic E-state index is 2.74. The molecule has 3 rings (SSSR count). The van der Waals surface area contributed by atoms with Gasteiger partial charge in [0.25, 0.3) is 0 Å². The summed E-state index contributed by atoms with van der Waals surface area (Å²) >= 11 is 0. The zero-order chi connectivity index (χ0) is 18.5. The Morgan fingerprint density at radius 2 is 1.54 bits per heavy atom. The summed E-state index contributed by atoms with van der Waals surface area (Å²) in [6.45, 7) is 19.4. The van der Waals surface area contributed by atoms with Crippen LogP contribution in [0.3, 0.4) is 0 Å². The van der Waals surface area contributed by atoms with Gasteiger partial charge in [-0.15, -0.1) is 0 Å². The Morgan fingerprint density at radius 3 is 2.19 bits per heavy atom. The van der Waals surface area contributed by atoms with Gasteiger partial charge in [0.1, 0.15) is 5.82 Å². The normalized spacial score (nSPS) is 27.9. The minimum absolute atomic E-state index is 0.806. The third-order valence-electron chi connectivity index (χ3n) is 6.88. The van der Waals surface area contributed by atoms with Crippen LogP contribution < -0.4 is 0 Å². The summed E-state index contributed by atoms with van der Waals surface area (Å²) in [4.78, 5) is 10.8. The van der Waals surface area contributed by atoms with Crippen LogP contribution in [-0.2, 0) is 0 Å². The molecule has 0 bridgehead atoms. The Kier molecular flexibility index (Phi) is 7.27. The van der Waals surface area contributed by atoms with Gasteiger partial charge in [-0.1, -0.05) is 6.92 Å². The van der Waals surface area contributed by atoms with Gasteiger partial charge in [-0.05, 0) is 78.0 Å². The third kappa shape index (κ3) is 4.75. The number of nitrogens with zero attached hydrogens (tertiary/aromatic N) is 4. The molecule has 0 radical (unpaired) electrons. The van der Waals surface area contributed by atoms with Gasteiger partial charge < -0.3 is 14.7 Å². The number of rotatable bonds is 8. The monoisotopic (exact) mass is 362 g/mol. The van der Waals surface area contributed by atoms with Crippen molar-refractivity contribution in [1.82, 2.24) is 19.6 Å². The van der Waals surface area contributed by atoms with Crippen LogP contribution in [0.1, 0.15) is 66.2 Å². The van der Waals surface area contributed by atoms with E-state index >= 15 is 0 Å². The summed E-state index contributed by atoms with van der Waals surface area (Å²) < 4.78 is 0. The Morgan fingerprint density at radius 1 is 0.846 bits per heavy atom. The van der Waals surface area contributed by atoms with Gasteiger partial charge in [0, 0.05) is 51.4 Å². The van der Waals surface area contributed by atoms with Crippen molar-refractivity contribution in [3.8, 4) is 0 Å². The molecule has 0 N–H and O–H groups in total. The highest BCUT2D eigenvalue weighted by Crippen LogP contribution is 2.25. The fraction of sp³-hybridized carbons (Fsp3) is 0.909. The van der Waals surface area contributed by atoms with Gasteiger partial charge in [-0.3, -0.25) is 4.90 Å². The minimum Gasteiger partial charge on any atom is -0.357 e. The van der Waals surface area contributed by atoms with Crippen LogP contribution in [0.15, 0.2) is 11.4 Å². The van der Waals surface area contributed by atoms with Crippen LogP contribution in [0.2, 0.25) is 0 Å². The van der Waals surface area contributed by atoms with Crippen LogP contribution in [-0.4, -0.2) is 84.0 Å². The van der Waals surface area contributed by atoms with E-state index in [1.165, 1.54) is 102 Å². The van der Waals surface area contributed by atoms with E-state index in [1.807, 2.05) is 0 Å². The maximum Gasteiger partial charge on any atom is 0.103 e. The van der Waals surface area contributed by atoms with Crippen molar-refractivity contribution in [2.45, 2.75) is 78.3 Å². The van der Waals surface area contributed by atoms with E-state index in [4.69, 9.17) is 0 Å². The highest BCUT2D eigenvalue weighted by molar-refractivity contribution is 5.12. The summed E-state index contributed by atoms with van der Waals surface area (Å²) in [5.74, 6) is 1.53. The molecule has 3 saturated heterocycles. The smallest absolute Gasteiger partial charge is 0.103 e. The molecule has 4 heteroatoms. The lowest BCUT2D eigenvalue weighted by Gasteiger charge is -2.30. The van der Waals surface area contributed by atoms with Crippen molar-refractivity contribution in [2.75, 3.05) is 52.4 Å². The molecule has 0 amide bonds. The predicted molar refractivity (Wildman–Crippen MR) is 111 cm³/mol. The molecule has 2 atom stereocenters. The SMILES string of the molecule is CCC1CCCN1CCN1CCN(CCCN2CCCC2C)C1=C(C)C. The molecule has 0 aromatic heterocycles. The zero-order valence-electron chi connectivity index (χ0n) is 17.8. The van der Waals surface area contributed by atoms with Crippen molar-refractivity contribution in [3.05, 3.63) is 11.4 Å². The first-order valence-electron chi connectivity index (χ1n) is 11.3. The molecule has 3 fully saturated rings. The van der Waals surface area contributed by atoms with Crippen LogP contribution in [0.5, 0.6) is 0 Å². The molecule has 26 heavy (non-hydrogen) atoms. The average molecular weight is 363 g/mol. The van der Waals surface area contributed by atoms with Gasteiger partial charge in [0.15, 0.2) is 0 Å². The number of allylic oxidation sites excluding steroid dienone is 1. The molecule has 0 aromatic carbocycles. The van der Waals surface area contributed by atoms with Crippen LogP contribution in [0.4, 0.5) is 0 Å². The van der Waals surface area contributed by atoms with Crippen molar-refractivity contribution in [3.63, 3.8) is 0 Å². The van der Waals surface area contributed by atoms with Crippen molar-refractivity contribution < 1.29 is 0 Å². The predicted octanol–water partition coefficient (Wildman–Crippen LogP) is 3.60. The molecule has 3 aliphatic rings. The topological polar surface area (TPSA) is 13.0 Å². The van der Waals surface area contributed by atoms with Crippen LogP contribution in [0.25, 0.3) is 0 Å². The van der Waals surface area contributed by atoms with E-state index in [-0.39, 0.29) is 0 Å². The molecule has 3 aliphatic heterocycles. The number of hydrogen-bond acceptors (Lipinski definition) is 4.